The monoisotopic (exact) mass is 444 g/mol. The number of nitrogens with one attached hydrogen (secondary N) is 1. The predicted octanol–water partition coefficient (Wildman–Crippen LogP) is 4.86. The largest absolute Gasteiger partial charge is 0.497 e. The number of amides is 2. The van der Waals surface area contributed by atoms with Crippen LogP contribution in [0.4, 0.5) is 0 Å². The van der Waals surface area contributed by atoms with Crippen LogP contribution in [0.25, 0.3) is 0 Å². The van der Waals surface area contributed by atoms with Crippen molar-refractivity contribution in [2.75, 3.05) is 13.7 Å². The van der Waals surface area contributed by atoms with Crippen LogP contribution in [0.1, 0.15) is 44.7 Å². The fourth-order valence-electron chi connectivity index (χ4n) is 3.40. The number of rotatable bonds is 11. The second-order valence-corrected chi connectivity index (χ2v) is 8.43. The van der Waals surface area contributed by atoms with E-state index < -0.39 is 6.04 Å². The molecule has 6 heteroatoms. The molecule has 0 saturated carbocycles. The van der Waals surface area contributed by atoms with Gasteiger partial charge in [-0.05, 0) is 48.1 Å². The first-order chi connectivity index (χ1) is 14.8. The van der Waals surface area contributed by atoms with Gasteiger partial charge in [0.2, 0.25) is 11.8 Å². The molecule has 0 spiro atoms. The van der Waals surface area contributed by atoms with Gasteiger partial charge in [0.15, 0.2) is 0 Å². The van der Waals surface area contributed by atoms with Gasteiger partial charge in [-0.2, -0.15) is 0 Å². The molecule has 0 saturated heterocycles. The van der Waals surface area contributed by atoms with Gasteiger partial charge >= 0.3 is 0 Å². The minimum Gasteiger partial charge on any atom is -0.497 e. The Kier molecular flexibility index (Phi) is 9.86. The van der Waals surface area contributed by atoms with Crippen molar-refractivity contribution >= 4 is 23.4 Å². The number of aryl methyl sites for hydroxylation is 1. The summed E-state index contributed by atoms with van der Waals surface area (Å²) in [6.45, 7) is 6.94. The number of benzene rings is 2. The quantitative estimate of drug-likeness (QED) is 0.538. The van der Waals surface area contributed by atoms with Crippen LogP contribution in [0.2, 0.25) is 5.02 Å². The summed E-state index contributed by atoms with van der Waals surface area (Å²) >= 11 is 6.26. The van der Waals surface area contributed by atoms with Crippen molar-refractivity contribution in [1.82, 2.24) is 10.2 Å². The Morgan fingerprint density at radius 3 is 2.52 bits per heavy atom. The highest BCUT2D eigenvalue weighted by atomic mass is 35.5. The van der Waals surface area contributed by atoms with Crippen LogP contribution in [-0.4, -0.2) is 36.4 Å². The van der Waals surface area contributed by atoms with E-state index in [1.54, 1.807) is 12.0 Å². The Balaban J connectivity index is 2.23. The van der Waals surface area contributed by atoms with E-state index in [1.165, 1.54) is 0 Å². The second kappa shape index (κ2) is 12.4. The highest BCUT2D eigenvalue weighted by Gasteiger charge is 2.28. The SMILES string of the molecule is CCC(C(=O)NCC(C)C)N(Cc1cccc(OC)c1)C(=O)CCc1ccccc1Cl. The molecule has 0 fully saturated rings. The number of methoxy groups -OCH3 is 1. The average Bonchev–Trinajstić information content (AvgIpc) is 2.76. The summed E-state index contributed by atoms with van der Waals surface area (Å²) in [6.07, 6.45) is 1.34. The maximum atomic E-state index is 13.3. The van der Waals surface area contributed by atoms with Gasteiger partial charge in [-0.3, -0.25) is 9.59 Å². The molecule has 1 unspecified atom stereocenters. The van der Waals surface area contributed by atoms with Crippen LogP contribution in [0.5, 0.6) is 5.75 Å². The normalized spacial score (nSPS) is 11.8. The zero-order valence-corrected chi connectivity index (χ0v) is 19.6. The summed E-state index contributed by atoms with van der Waals surface area (Å²) in [7, 11) is 1.61. The van der Waals surface area contributed by atoms with E-state index in [0.717, 1.165) is 16.9 Å². The van der Waals surface area contributed by atoms with Crippen molar-refractivity contribution in [3.63, 3.8) is 0 Å². The van der Waals surface area contributed by atoms with Crippen molar-refractivity contribution in [3.8, 4) is 5.75 Å². The molecule has 0 heterocycles. The first kappa shape index (κ1) is 24.7. The van der Waals surface area contributed by atoms with Gasteiger partial charge < -0.3 is 15.0 Å². The van der Waals surface area contributed by atoms with Gasteiger partial charge in [0.05, 0.1) is 7.11 Å². The Labute approximate surface area is 190 Å². The molecule has 0 bridgehead atoms. The first-order valence-electron chi connectivity index (χ1n) is 10.8. The smallest absolute Gasteiger partial charge is 0.242 e. The Morgan fingerprint density at radius 2 is 1.87 bits per heavy atom. The van der Waals surface area contributed by atoms with Crippen LogP contribution in [0.15, 0.2) is 48.5 Å². The Morgan fingerprint density at radius 1 is 1.13 bits per heavy atom. The molecule has 2 aromatic carbocycles. The molecular weight excluding hydrogens is 412 g/mol. The van der Waals surface area contributed by atoms with Crippen molar-refractivity contribution in [2.24, 2.45) is 5.92 Å². The number of ether oxygens (including phenoxy) is 1. The zero-order chi connectivity index (χ0) is 22.8. The molecule has 31 heavy (non-hydrogen) atoms. The number of hydrogen-bond acceptors (Lipinski definition) is 3. The van der Waals surface area contributed by atoms with E-state index in [-0.39, 0.29) is 18.2 Å². The maximum absolute atomic E-state index is 13.3. The van der Waals surface area contributed by atoms with Gasteiger partial charge in [-0.25, -0.2) is 0 Å². The minimum atomic E-state index is -0.538. The highest BCUT2D eigenvalue weighted by Crippen LogP contribution is 2.20. The molecule has 168 valence electrons. The van der Waals surface area contributed by atoms with Gasteiger partial charge in [0, 0.05) is 24.5 Å². The lowest BCUT2D eigenvalue weighted by atomic mass is 10.1. The second-order valence-electron chi connectivity index (χ2n) is 8.03. The van der Waals surface area contributed by atoms with Crippen molar-refractivity contribution in [3.05, 3.63) is 64.7 Å². The summed E-state index contributed by atoms with van der Waals surface area (Å²) in [5.74, 6) is 0.863. The molecule has 5 nitrogen and oxygen atoms in total. The third-order valence-corrected chi connectivity index (χ3v) is 5.49. The third-order valence-electron chi connectivity index (χ3n) is 5.12. The van der Waals surface area contributed by atoms with E-state index in [0.29, 0.717) is 36.9 Å². The van der Waals surface area contributed by atoms with Crippen LogP contribution in [-0.2, 0) is 22.6 Å². The van der Waals surface area contributed by atoms with E-state index >= 15 is 0 Å². The lowest BCUT2D eigenvalue weighted by molar-refractivity contribution is -0.141. The average molecular weight is 445 g/mol. The van der Waals surface area contributed by atoms with Crippen molar-refractivity contribution < 1.29 is 14.3 Å². The molecule has 0 aromatic heterocycles. The lowest BCUT2D eigenvalue weighted by Crippen LogP contribution is -2.49. The molecule has 1 atom stereocenters. The number of carbonyl (C=O) groups excluding carboxylic acids is 2. The van der Waals surface area contributed by atoms with Crippen LogP contribution in [0, 0.1) is 5.92 Å². The van der Waals surface area contributed by atoms with Gasteiger partial charge in [0.1, 0.15) is 11.8 Å². The zero-order valence-electron chi connectivity index (χ0n) is 18.9. The highest BCUT2D eigenvalue weighted by molar-refractivity contribution is 6.31. The topological polar surface area (TPSA) is 58.6 Å². The Bertz CT molecular complexity index is 869. The van der Waals surface area contributed by atoms with E-state index in [1.807, 2.05) is 69.3 Å². The fraction of sp³-hybridized carbons (Fsp3) is 0.440. The summed E-state index contributed by atoms with van der Waals surface area (Å²) in [4.78, 5) is 27.9. The summed E-state index contributed by atoms with van der Waals surface area (Å²) in [5, 5.41) is 3.63. The molecular formula is C25H33ClN2O3. The van der Waals surface area contributed by atoms with Gasteiger partial charge in [-0.1, -0.05) is 62.7 Å². The number of halogens is 1. The predicted molar refractivity (Wildman–Crippen MR) is 125 cm³/mol. The molecule has 1 N–H and O–H groups in total. The molecule has 2 rings (SSSR count). The van der Waals surface area contributed by atoms with Crippen molar-refractivity contribution in [1.29, 1.82) is 0 Å². The van der Waals surface area contributed by atoms with E-state index in [2.05, 4.69) is 5.32 Å². The number of carbonyl (C=O) groups is 2. The minimum absolute atomic E-state index is 0.0747. The first-order valence-corrected chi connectivity index (χ1v) is 11.2. The summed E-state index contributed by atoms with van der Waals surface area (Å²) in [6, 6.07) is 14.6. The summed E-state index contributed by atoms with van der Waals surface area (Å²) in [5.41, 5.74) is 1.84. The number of hydrogen-bond donors (Lipinski definition) is 1. The number of nitrogens with zero attached hydrogens (tertiary/aromatic N) is 1. The van der Waals surface area contributed by atoms with Gasteiger partial charge in [0.25, 0.3) is 0 Å². The van der Waals surface area contributed by atoms with E-state index in [4.69, 9.17) is 16.3 Å². The van der Waals surface area contributed by atoms with Crippen LogP contribution in [0.3, 0.4) is 0 Å². The fourth-order valence-corrected chi connectivity index (χ4v) is 3.63. The maximum Gasteiger partial charge on any atom is 0.242 e. The Hall–Kier alpha value is -2.53. The van der Waals surface area contributed by atoms with Gasteiger partial charge in [-0.15, -0.1) is 0 Å². The van der Waals surface area contributed by atoms with Crippen LogP contribution < -0.4 is 10.1 Å². The third kappa shape index (κ3) is 7.59. The molecule has 0 aliphatic carbocycles. The van der Waals surface area contributed by atoms with Crippen LogP contribution >= 0.6 is 11.6 Å². The molecule has 0 radical (unpaired) electrons. The van der Waals surface area contributed by atoms with E-state index in [9.17, 15) is 9.59 Å². The molecule has 0 aliphatic rings. The standard InChI is InChI=1S/C25H33ClN2O3/c1-5-23(25(30)27-16-18(2)3)28(17-19-9-8-11-21(15-19)31-4)24(29)14-13-20-10-6-7-12-22(20)26/h6-12,15,18,23H,5,13-14,16-17H2,1-4H3,(H,27,30). The molecule has 2 aromatic rings. The molecule has 0 aliphatic heterocycles. The molecule has 2 amide bonds. The summed E-state index contributed by atoms with van der Waals surface area (Å²) < 4.78 is 5.32. The lowest BCUT2D eigenvalue weighted by Gasteiger charge is -2.31. The van der Waals surface area contributed by atoms with Crippen molar-refractivity contribution in [2.45, 2.75) is 52.6 Å².